The van der Waals surface area contributed by atoms with Crippen LogP contribution in [0.5, 0.6) is 11.5 Å². The van der Waals surface area contributed by atoms with Crippen molar-refractivity contribution in [3.05, 3.63) is 120 Å². The first-order chi connectivity index (χ1) is 19.7. The van der Waals surface area contributed by atoms with Crippen LogP contribution >= 0.6 is 0 Å². The van der Waals surface area contributed by atoms with Gasteiger partial charge in [-0.1, -0.05) is 68.0 Å². The molecule has 1 unspecified atom stereocenters. The molecular weight excluding hydrogens is 536 g/mol. The lowest BCUT2D eigenvalue weighted by Gasteiger charge is -2.12. The summed E-state index contributed by atoms with van der Waals surface area (Å²) >= 11 is 0. The van der Waals surface area contributed by atoms with Crippen LogP contribution in [0.25, 0.3) is 22.3 Å². The SMILES string of the molecule is C=CCCOc1ccc(C(=O)Oc2ccc(-c3ccc(-c4ccc(C(O)CCC)cc4)c(F)c3F)cc2)c(F)c1F. The number of aliphatic hydroxyl groups excluding tert-OH is 1. The molecule has 41 heavy (non-hydrogen) atoms. The molecule has 0 radical (unpaired) electrons. The van der Waals surface area contributed by atoms with Crippen LogP contribution in [-0.4, -0.2) is 17.7 Å². The van der Waals surface area contributed by atoms with Gasteiger partial charge in [-0.25, -0.2) is 18.0 Å². The number of carbonyl (C=O) groups excluding carboxylic acids is 1. The Labute approximate surface area is 235 Å². The summed E-state index contributed by atoms with van der Waals surface area (Å²) in [6, 6.07) is 17.2. The molecule has 0 aliphatic carbocycles. The van der Waals surface area contributed by atoms with E-state index in [1.54, 1.807) is 30.3 Å². The summed E-state index contributed by atoms with van der Waals surface area (Å²) < 4.78 is 69.2. The minimum atomic E-state index is -1.41. The Morgan fingerprint density at radius 2 is 1.41 bits per heavy atom. The molecule has 0 amide bonds. The van der Waals surface area contributed by atoms with Gasteiger partial charge in [-0.2, -0.15) is 4.39 Å². The number of halogens is 4. The Balaban J connectivity index is 1.48. The standard InChI is InChI=1S/C33H28F4O4/c1-3-5-19-40-28-18-17-26(31(36)32(28)37)33(39)41-23-13-11-21(12-14-23)25-16-15-24(29(34)30(25)35)20-7-9-22(10-8-20)27(38)6-4-2/h3,7-18,27,38H,1,4-6,19H2,2H3. The van der Waals surface area contributed by atoms with Gasteiger partial charge in [0.15, 0.2) is 23.2 Å². The lowest BCUT2D eigenvalue weighted by atomic mass is 9.97. The highest BCUT2D eigenvalue weighted by atomic mass is 19.2. The average Bonchev–Trinajstić information content (AvgIpc) is 2.97. The van der Waals surface area contributed by atoms with E-state index >= 15 is 8.78 Å². The maximum absolute atomic E-state index is 15.1. The molecule has 4 aromatic carbocycles. The van der Waals surface area contributed by atoms with E-state index in [9.17, 15) is 18.7 Å². The van der Waals surface area contributed by atoms with Crippen LogP contribution in [0.2, 0.25) is 0 Å². The normalized spacial score (nSPS) is 11.7. The van der Waals surface area contributed by atoms with Crippen LogP contribution in [0, 0.1) is 23.3 Å². The van der Waals surface area contributed by atoms with Crippen molar-refractivity contribution in [2.24, 2.45) is 0 Å². The highest BCUT2D eigenvalue weighted by molar-refractivity contribution is 5.91. The van der Waals surface area contributed by atoms with E-state index in [1.807, 2.05) is 6.92 Å². The zero-order valence-electron chi connectivity index (χ0n) is 22.3. The summed E-state index contributed by atoms with van der Waals surface area (Å²) in [5.74, 6) is -6.30. The van der Waals surface area contributed by atoms with Crippen molar-refractivity contribution in [3.63, 3.8) is 0 Å². The van der Waals surface area contributed by atoms with Gasteiger partial charge in [0.25, 0.3) is 0 Å². The number of carbonyl (C=O) groups is 1. The second kappa shape index (κ2) is 13.3. The number of aliphatic hydroxyl groups is 1. The van der Waals surface area contributed by atoms with Crippen LogP contribution in [0.15, 0.2) is 85.5 Å². The fraction of sp³-hybridized carbons (Fsp3) is 0.182. The van der Waals surface area contributed by atoms with E-state index in [0.29, 0.717) is 29.5 Å². The summed E-state index contributed by atoms with van der Waals surface area (Å²) in [4.78, 5) is 12.5. The monoisotopic (exact) mass is 564 g/mol. The van der Waals surface area contributed by atoms with Crippen molar-refractivity contribution in [1.82, 2.24) is 0 Å². The first kappa shape index (κ1) is 29.6. The predicted molar refractivity (Wildman–Crippen MR) is 149 cm³/mol. The lowest BCUT2D eigenvalue weighted by Crippen LogP contribution is -2.12. The van der Waals surface area contributed by atoms with Crippen molar-refractivity contribution in [1.29, 1.82) is 0 Å². The third-order valence-electron chi connectivity index (χ3n) is 6.47. The number of hydrogen-bond donors (Lipinski definition) is 1. The van der Waals surface area contributed by atoms with Gasteiger partial charge in [0.2, 0.25) is 5.82 Å². The van der Waals surface area contributed by atoms with Crippen molar-refractivity contribution in [2.45, 2.75) is 32.3 Å². The molecule has 0 bridgehead atoms. The molecule has 212 valence electrons. The molecule has 0 fully saturated rings. The van der Waals surface area contributed by atoms with Crippen LogP contribution < -0.4 is 9.47 Å². The summed E-state index contributed by atoms with van der Waals surface area (Å²) in [5.41, 5.74) is 0.900. The van der Waals surface area contributed by atoms with Crippen molar-refractivity contribution >= 4 is 5.97 Å². The lowest BCUT2D eigenvalue weighted by molar-refractivity contribution is 0.0728. The Hall–Kier alpha value is -4.43. The van der Waals surface area contributed by atoms with Gasteiger partial charge >= 0.3 is 5.97 Å². The number of ether oxygens (including phenoxy) is 2. The minimum absolute atomic E-state index is 0.00674. The van der Waals surface area contributed by atoms with Crippen LogP contribution in [0.3, 0.4) is 0 Å². The number of benzene rings is 4. The molecule has 1 N–H and O–H groups in total. The Morgan fingerprint density at radius 1 is 0.829 bits per heavy atom. The largest absolute Gasteiger partial charge is 0.490 e. The highest BCUT2D eigenvalue weighted by Crippen LogP contribution is 2.33. The van der Waals surface area contributed by atoms with Crippen LogP contribution in [-0.2, 0) is 0 Å². The molecule has 1 atom stereocenters. The first-order valence-electron chi connectivity index (χ1n) is 13.1. The molecule has 0 heterocycles. The zero-order chi connectivity index (χ0) is 29.5. The van der Waals surface area contributed by atoms with Crippen LogP contribution in [0.4, 0.5) is 17.6 Å². The van der Waals surface area contributed by atoms with Gasteiger partial charge < -0.3 is 14.6 Å². The maximum Gasteiger partial charge on any atom is 0.346 e. The fourth-order valence-electron chi connectivity index (χ4n) is 4.24. The van der Waals surface area contributed by atoms with E-state index in [4.69, 9.17) is 9.47 Å². The van der Waals surface area contributed by atoms with E-state index in [1.165, 1.54) is 36.4 Å². The zero-order valence-corrected chi connectivity index (χ0v) is 22.3. The summed E-state index contributed by atoms with van der Waals surface area (Å²) in [6.07, 6.45) is 2.79. The molecule has 4 rings (SSSR count). The fourth-order valence-corrected chi connectivity index (χ4v) is 4.24. The minimum Gasteiger partial charge on any atom is -0.490 e. The summed E-state index contributed by atoms with van der Waals surface area (Å²) in [6.45, 7) is 5.57. The third-order valence-corrected chi connectivity index (χ3v) is 6.47. The molecule has 0 saturated carbocycles. The van der Waals surface area contributed by atoms with E-state index < -0.39 is 40.9 Å². The first-order valence-corrected chi connectivity index (χ1v) is 13.1. The van der Waals surface area contributed by atoms with E-state index in [2.05, 4.69) is 6.58 Å². The molecule has 4 aromatic rings. The second-order valence-electron chi connectivity index (χ2n) is 9.29. The summed E-state index contributed by atoms with van der Waals surface area (Å²) in [7, 11) is 0. The maximum atomic E-state index is 15.1. The Kier molecular flexibility index (Phi) is 9.57. The van der Waals surface area contributed by atoms with Gasteiger partial charge in [-0.3, -0.25) is 0 Å². The van der Waals surface area contributed by atoms with Gasteiger partial charge in [-0.05, 0) is 53.8 Å². The molecule has 0 aliphatic heterocycles. The Bertz CT molecular complexity index is 1530. The number of hydrogen-bond acceptors (Lipinski definition) is 4. The second-order valence-corrected chi connectivity index (χ2v) is 9.29. The molecule has 8 heteroatoms. The highest BCUT2D eigenvalue weighted by Gasteiger charge is 2.22. The third kappa shape index (κ3) is 6.66. The van der Waals surface area contributed by atoms with Crippen molar-refractivity contribution in [3.8, 4) is 33.8 Å². The average molecular weight is 565 g/mol. The molecule has 0 aliphatic rings. The Morgan fingerprint density at radius 3 is 1.98 bits per heavy atom. The molecule has 0 aromatic heterocycles. The van der Waals surface area contributed by atoms with E-state index in [-0.39, 0.29) is 29.2 Å². The smallest absolute Gasteiger partial charge is 0.346 e. The number of esters is 1. The van der Waals surface area contributed by atoms with Gasteiger partial charge in [0, 0.05) is 11.1 Å². The van der Waals surface area contributed by atoms with Crippen LogP contribution in [0.1, 0.15) is 48.2 Å². The predicted octanol–water partition coefficient (Wildman–Crippen LogP) is 8.58. The number of rotatable bonds is 11. The van der Waals surface area contributed by atoms with Gasteiger partial charge in [0.05, 0.1) is 18.3 Å². The van der Waals surface area contributed by atoms with Gasteiger partial charge in [0.1, 0.15) is 5.75 Å². The van der Waals surface area contributed by atoms with Crippen molar-refractivity contribution < 1.29 is 36.9 Å². The van der Waals surface area contributed by atoms with Gasteiger partial charge in [-0.15, -0.1) is 6.58 Å². The molecule has 0 spiro atoms. The molecular formula is C33H28F4O4. The molecule has 0 saturated heterocycles. The van der Waals surface area contributed by atoms with E-state index in [0.717, 1.165) is 18.6 Å². The van der Waals surface area contributed by atoms with Crippen molar-refractivity contribution in [2.75, 3.05) is 6.61 Å². The summed E-state index contributed by atoms with van der Waals surface area (Å²) in [5, 5.41) is 10.1. The molecule has 4 nitrogen and oxygen atoms in total. The quantitative estimate of drug-likeness (QED) is 0.0652. The topological polar surface area (TPSA) is 55.8 Å².